The van der Waals surface area contributed by atoms with Crippen molar-refractivity contribution in [3.63, 3.8) is 0 Å². The molecule has 0 atom stereocenters. The average Bonchev–Trinajstić information content (AvgIpc) is 3.32. The van der Waals surface area contributed by atoms with Gasteiger partial charge in [0.05, 0.1) is 35.2 Å². The molecule has 1 fully saturated rings. The van der Waals surface area contributed by atoms with Gasteiger partial charge in [0.25, 0.3) is 5.91 Å². The van der Waals surface area contributed by atoms with Crippen LogP contribution in [0.15, 0.2) is 54.7 Å². The lowest BCUT2D eigenvalue weighted by Crippen LogP contribution is -2.52. The van der Waals surface area contributed by atoms with Gasteiger partial charge in [-0.05, 0) is 30.3 Å². The van der Waals surface area contributed by atoms with Crippen LogP contribution in [0.25, 0.3) is 5.69 Å². The number of piperazine rings is 1. The number of amides is 2. The number of alkyl halides is 3. The van der Waals surface area contributed by atoms with Crippen molar-refractivity contribution in [2.24, 2.45) is 0 Å². The van der Waals surface area contributed by atoms with E-state index in [0.717, 1.165) is 5.69 Å². The van der Waals surface area contributed by atoms with E-state index in [9.17, 15) is 27.2 Å². The van der Waals surface area contributed by atoms with E-state index in [1.54, 1.807) is 10.9 Å². The van der Waals surface area contributed by atoms with Crippen LogP contribution in [0.2, 0.25) is 0 Å². The second-order valence-electron chi connectivity index (χ2n) is 7.95. The molecule has 0 unspecified atom stereocenters. The molecule has 1 N–H and O–H groups in total. The predicted octanol–water partition coefficient (Wildman–Crippen LogP) is 2.92. The topological polar surface area (TPSA) is 83.4 Å². The highest BCUT2D eigenvalue weighted by atomic mass is 35.5. The van der Waals surface area contributed by atoms with Gasteiger partial charge in [0.15, 0.2) is 0 Å². The van der Waals surface area contributed by atoms with E-state index in [4.69, 9.17) is 0 Å². The average molecular weight is 527 g/mol. The molecule has 1 aliphatic rings. The van der Waals surface area contributed by atoms with Crippen molar-refractivity contribution < 1.29 is 27.2 Å². The lowest BCUT2D eigenvalue weighted by molar-refractivity contribution is -0.138. The molecule has 8 nitrogen and oxygen atoms in total. The van der Waals surface area contributed by atoms with Gasteiger partial charge in [0.2, 0.25) is 5.91 Å². The van der Waals surface area contributed by atoms with Crippen LogP contribution in [-0.4, -0.2) is 69.3 Å². The number of hydrogen-bond donors (Lipinski definition) is 1. The van der Waals surface area contributed by atoms with Gasteiger partial charge in [0, 0.05) is 32.7 Å². The molecular weight excluding hydrogens is 504 g/mol. The van der Waals surface area contributed by atoms with Gasteiger partial charge in [-0.2, -0.15) is 13.2 Å². The molecule has 2 aromatic carbocycles. The van der Waals surface area contributed by atoms with E-state index in [2.05, 4.69) is 15.6 Å². The van der Waals surface area contributed by atoms with Crippen LogP contribution in [0.3, 0.4) is 0 Å². The molecule has 0 saturated carbocycles. The number of nitrogens with one attached hydrogen (secondary N) is 1. The molecule has 1 saturated heterocycles. The number of halogens is 5. The molecule has 0 spiro atoms. The Kier molecular flexibility index (Phi) is 8.64. The van der Waals surface area contributed by atoms with Crippen LogP contribution in [0.4, 0.5) is 17.6 Å². The molecule has 4 rings (SSSR count). The third kappa shape index (κ3) is 6.38. The molecule has 192 valence electrons. The van der Waals surface area contributed by atoms with Crippen molar-refractivity contribution in [3.05, 3.63) is 77.4 Å². The van der Waals surface area contributed by atoms with Gasteiger partial charge in [-0.3, -0.25) is 9.59 Å². The summed E-state index contributed by atoms with van der Waals surface area (Å²) in [7, 11) is 0. The summed E-state index contributed by atoms with van der Waals surface area (Å²) in [6.07, 6.45) is -3.03. The molecule has 2 heterocycles. The largest absolute Gasteiger partial charge is 0.417 e. The highest BCUT2D eigenvalue weighted by Gasteiger charge is 2.37. The van der Waals surface area contributed by atoms with Gasteiger partial charge in [-0.1, -0.05) is 23.4 Å². The molecule has 3 aromatic rings. The first-order valence-corrected chi connectivity index (χ1v) is 10.8. The Hall–Kier alpha value is -3.51. The Morgan fingerprint density at radius 2 is 1.64 bits per heavy atom. The summed E-state index contributed by atoms with van der Waals surface area (Å²) in [5.41, 5.74) is -0.415. The molecule has 1 aliphatic heterocycles. The van der Waals surface area contributed by atoms with Crippen LogP contribution in [-0.2, 0) is 17.5 Å². The van der Waals surface area contributed by atoms with E-state index in [0.29, 0.717) is 30.4 Å². The van der Waals surface area contributed by atoms with Crippen molar-refractivity contribution in [1.29, 1.82) is 0 Å². The molecular formula is C23H23ClF4N6O2. The zero-order valence-electron chi connectivity index (χ0n) is 18.9. The van der Waals surface area contributed by atoms with Crippen molar-refractivity contribution >= 4 is 24.2 Å². The first-order valence-electron chi connectivity index (χ1n) is 10.8. The summed E-state index contributed by atoms with van der Waals surface area (Å²) < 4.78 is 54.9. The van der Waals surface area contributed by atoms with Crippen molar-refractivity contribution in [2.45, 2.75) is 12.7 Å². The van der Waals surface area contributed by atoms with Crippen molar-refractivity contribution in [3.8, 4) is 5.69 Å². The Bertz CT molecular complexity index is 1200. The maximum Gasteiger partial charge on any atom is 0.417 e. The van der Waals surface area contributed by atoms with Crippen molar-refractivity contribution in [1.82, 2.24) is 30.1 Å². The highest BCUT2D eigenvalue weighted by molar-refractivity contribution is 5.96. The SMILES string of the molecule is Cl.O=C(CNCc1cn(-c2ccccc2)nn1)N1CCN(C(=O)c2cc(F)ccc2C(F)(F)F)CC1. The van der Waals surface area contributed by atoms with Gasteiger partial charge in [-0.25, -0.2) is 9.07 Å². The second-order valence-corrected chi connectivity index (χ2v) is 7.95. The zero-order chi connectivity index (χ0) is 25.0. The van der Waals surface area contributed by atoms with Crippen molar-refractivity contribution in [2.75, 3.05) is 32.7 Å². The van der Waals surface area contributed by atoms with E-state index in [1.165, 1.54) is 9.80 Å². The number of benzene rings is 2. The molecule has 2 amide bonds. The summed E-state index contributed by atoms with van der Waals surface area (Å²) in [4.78, 5) is 27.9. The monoisotopic (exact) mass is 526 g/mol. The Morgan fingerprint density at radius 1 is 0.972 bits per heavy atom. The Morgan fingerprint density at radius 3 is 2.31 bits per heavy atom. The fraction of sp³-hybridized carbons (Fsp3) is 0.304. The highest BCUT2D eigenvalue weighted by Crippen LogP contribution is 2.33. The van der Waals surface area contributed by atoms with Crippen LogP contribution >= 0.6 is 12.4 Å². The number of nitrogens with zero attached hydrogens (tertiary/aromatic N) is 5. The lowest BCUT2D eigenvalue weighted by Gasteiger charge is -2.35. The minimum absolute atomic E-state index is 0. The summed E-state index contributed by atoms with van der Waals surface area (Å²) in [5.74, 6) is -2.05. The number of aromatic nitrogens is 3. The molecule has 1 aromatic heterocycles. The lowest BCUT2D eigenvalue weighted by atomic mass is 10.0. The third-order valence-electron chi connectivity index (χ3n) is 5.58. The van der Waals surface area contributed by atoms with E-state index in [-0.39, 0.29) is 51.0 Å². The molecule has 0 aliphatic carbocycles. The second kappa shape index (κ2) is 11.5. The molecule has 0 bridgehead atoms. The van der Waals surface area contributed by atoms with Gasteiger partial charge in [0.1, 0.15) is 5.82 Å². The van der Waals surface area contributed by atoms with E-state index < -0.39 is 29.0 Å². The fourth-order valence-electron chi connectivity index (χ4n) is 3.77. The fourth-order valence-corrected chi connectivity index (χ4v) is 3.77. The summed E-state index contributed by atoms with van der Waals surface area (Å²) in [6, 6.07) is 11.3. The minimum Gasteiger partial charge on any atom is -0.338 e. The number of carbonyl (C=O) groups is 2. The first kappa shape index (κ1) is 27.1. The number of carbonyl (C=O) groups excluding carboxylic acids is 2. The number of para-hydroxylation sites is 1. The summed E-state index contributed by atoms with van der Waals surface area (Å²) in [5, 5.41) is 11.1. The number of hydrogen-bond acceptors (Lipinski definition) is 5. The van der Waals surface area contributed by atoms with Crippen LogP contribution in [0.5, 0.6) is 0 Å². The maximum atomic E-state index is 13.6. The zero-order valence-corrected chi connectivity index (χ0v) is 19.7. The van der Waals surface area contributed by atoms with Gasteiger partial charge >= 0.3 is 6.18 Å². The smallest absolute Gasteiger partial charge is 0.338 e. The predicted molar refractivity (Wildman–Crippen MR) is 124 cm³/mol. The molecule has 0 radical (unpaired) electrons. The number of rotatable bonds is 6. The first-order chi connectivity index (χ1) is 16.7. The van der Waals surface area contributed by atoms with Crippen LogP contribution < -0.4 is 5.32 Å². The van der Waals surface area contributed by atoms with Crippen LogP contribution in [0, 0.1) is 5.82 Å². The van der Waals surface area contributed by atoms with Gasteiger partial charge < -0.3 is 15.1 Å². The molecule has 13 heteroatoms. The maximum absolute atomic E-state index is 13.6. The summed E-state index contributed by atoms with van der Waals surface area (Å²) in [6.45, 7) is 0.749. The van der Waals surface area contributed by atoms with Crippen LogP contribution in [0.1, 0.15) is 21.6 Å². The van der Waals surface area contributed by atoms with Gasteiger partial charge in [-0.15, -0.1) is 17.5 Å². The van der Waals surface area contributed by atoms with E-state index >= 15 is 0 Å². The van der Waals surface area contributed by atoms with E-state index in [1.807, 2.05) is 30.3 Å². The standard InChI is InChI=1S/C23H22F4N6O2.ClH/c24-16-6-7-20(23(25,26)27)19(12-16)22(35)32-10-8-31(9-11-32)21(34)14-28-13-17-15-33(30-29-17)18-4-2-1-3-5-18;/h1-7,12,15,28H,8-11,13-14H2;1H. The molecule has 36 heavy (non-hydrogen) atoms. The quantitative estimate of drug-likeness (QED) is 0.499. The Labute approximate surface area is 210 Å². The third-order valence-corrected chi connectivity index (χ3v) is 5.58. The normalized spacial score (nSPS) is 13.9. The summed E-state index contributed by atoms with van der Waals surface area (Å²) >= 11 is 0. The Balaban J connectivity index is 0.00000361. The minimum atomic E-state index is -4.78.